The van der Waals surface area contributed by atoms with Crippen molar-refractivity contribution in [2.45, 2.75) is 229 Å². The molecule has 8 heterocycles. The fraction of sp³-hybridized carbons (Fsp3) is 0.500. The van der Waals surface area contributed by atoms with E-state index < -0.39 is 0 Å². The number of rotatable bonds is 20. The van der Waals surface area contributed by atoms with E-state index in [0.29, 0.717) is 23.7 Å². The highest BCUT2D eigenvalue weighted by Crippen LogP contribution is 2.78. The molecule has 0 saturated carbocycles. The van der Waals surface area contributed by atoms with E-state index in [4.69, 9.17) is 18.9 Å². The van der Waals surface area contributed by atoms with Crippen LogP contribution in [0.4, 0.5) is 0 Å². The first-order chi connectivity index (χ1) is 37.7. The molecule has 12 aliphatic rings. The zero-order valence-electron chi connectivity index (χ0n) is 45.3. The molecular weight excluding hydrogens is 929 g/mol. The zero-order valence-corrected chi connectivity index (χ0v) is 45.3. The van der Waals surface area contributed by atoms with E-state index in [1.54, 1.807) is 111 Å². The topological polar surface area (TPSA) is 36.9 Å². The van der Waals surface area contributed by atoms with Gasteiger partial charge in [0.1, 0.15) is 24.4 Å². The van der Waals surface area contributed by atoms with Crippen LogP contribution in [0.25, 0.3) is 43.8 Å². The first-order valence-electron chi connectivity index (χ1n) is 31.4. The fourth-order valence-electron chi connectivity index (χ4n) is 20.4. The van der Waals surface area contributed by atoms with Gasteiger partial charge in [-0.05, 0) is 206 Å². The minimum atomic E-state index is -0.0298. The van der Waals surface area contributed by atoms with Crippen LogP contribution in [0, 0.1) is 0 Å². The van der Waals surface area contributed by atoms with Crippen LogP contribution in [0.2, 0.25) is 0 Å². The molecule has 2 saturated heterocycles. The Bertz CT molecular complexity index is 3300. The average Bonchev–Trinajstić information content (AvgIpc) is 4.43. The van der Waals surface area contributed by atoms with Crippen molar-refractivity contribution in [3.05, 3.63) is 160 Å². The summed E-state index contributed by atoms with van der Waals surface area (Å²) >= 11 is 0. The Morgan fingerprint density at radius 1 is 0.276 bits per heavy atom. The van der Waals surface area contributed by atoms with Crippen LogP contribution in [0.5, 0.6) is 0 Å². The molecule has 6 aromatic rings. The van der Waals surface area contributed by atoms with E-state index in [1.807, 2.05) is 0 Å². The summed E-state index contributed by atoms with van der Waals surface area (Å²) < 4.78 is 30.8. The summed E-state index contributed by atoms with van der Waals surface area (Å²) in [6.07, 6.45) is 24.8. The van der Waals surface area contributed by atoms with Crippen molar-refractivity contribution in [3.63, 3.8) is 0 Å². The van der Waals surface area contributed by atoms with Crippen molar-refractivity contribution < 1.29 is 18.9 Å². The van der Waals surface area contributed by atoms with Crippen molar-refractivity contribution >= 4 is 43.8 Å². The molecule has 6 aromatic carbocycles. The zero-order chi connectivity index (χ0) is 49.7. The van der Waals surface area contributed by atoms with Crippen LogP contribution in [0.3, 0.4) is 0 Å². The van der Waals surface area contributed by atoms with E-state index in [9.17, 15) is 0 Å². The number of hydrogen-bond donors (Lipinski definition) is 0. The molecule has 0 spiro atoms. The minimum Gasteiger partial charge on any atom is -0.364 e. The van der Waals surface area contributed by atoms with Crippen LogP contribution in [-0.4, -0.2) is 0 Å². The van der Waals surface area contributed by atoms with E-state index in [-0.39, 0.29) is 48.8 Å². The number of fused-ring (bicyclic) bond motifs is 38. The van der Waals surface area contributed by atoms with Gasteiger partial charge in [0.2, 0.25) is 0 Å². The van der Waals surface area contributed by atoms with Gasteiger partial charge in [0.15, 0.2) is 0 Å². The molecule has 8 bridgehead atoms. The minimum absolute atomic E-state index is 0.0298. The third-order valence-electron chi connectivity index (χ3n) is 23.0. The molecule has 0 aromatic heterocycles. The molecular formula is C72H72O4. The molecule has 4 heteroatoms. The van der Waals surface area contributed by atoms with Crippen molar-refractivity contribution in [2.24, 2.45) is 0 Å². The normalized spacial score (nSPS) is 30.1. The third kappa shape index (κ3) is 4.94. The molecule has 2 fully saturated rings. The Morgan fingerprint density at radius 2 is 0.539 bits per heavy atom. The largest absolute Gasteiger partial charge is 0.364 e. The van der Waals surface area contributed by atoms with Crippen molar-refractivity contribution in [1.29, 1.82) is 0 Å². The summed E-state index contributed by atoms with van der Waals surface area (Å²) in [6, 6.07) is 20.8. The lowest BCUT2D eigenvalue weighted by Gasteiger charge is -2.34. The average molecular weight is 1000 g/mol. The summed E-state index contributed by atoms with van der Waals surface area (Å²) in [4.78, 5) is 0. The van der Waals surface area contributed by atoms with Gasteiger partial charge in [-0.15, -0.1) is 0 Å². The first kappa shape index (κ1) is 44.1. The van der Waals surface area contributed by atoms with Gasteiger partial charge in [0, 0.05) is 23.7 Å². The standard InChI is InChI=1S/C72H72O4/c1-5-9-13-17-21-33-49-51-34(22-18-14-10-6-2)52-50(33)66-58-38-26-28-42-48-44(32-30-40(46(38)48)60(58)68(52)74-66)64-62(42)70-54-35(23-19-15-11-7-3)53-55(36(24-20-16-12-8-4)56(54)72(64)76-70)71-63-43-31-29-39-45-37(57-59(39)67(51)73-65(49)57)25-27-41(47(43)45)61(63)69(53)75-71/h25-32,57,59,62,64-72H,5-24H2,1-4H3/t57-,59?,62-,64?,65-,66-,67+,68+,69-,70-,71+,72+/m1/s1. The Balaban J connectivity index is 0.890. The van der Waals surface area contributed by atoms with Crippen molar-refractivity contribution in [2.75, 3.05) is 0 Å². The Morgan fingerprint density at radius 3 is 0.789 bits per heavy atom. The second kappa shape index (κ2) is 15.5. The van der Waals surface area contributed by atoms with Gasteiger partial charge < -0.3 is 18.9 Å². The van der Waals surface area contributed by atoms with Crippen LogP contribution >= 0.6 is 0 Å². The van der Waals surface area contributed by atoms with Gasteiger partial charge in [-0.1, -0.05) is 153 Å². The van der Waals surface area contributed by atoms with Gasteiger partial charge >= 0.3 is 0 Å². The van der Waals surface area contributed by atoms with Gasteiger partial charge in [0.25, 0.3) is 0 Å². The number of unbranched alkanes of at least 4 members (excludes halogenated alkanes) is 12. The molecule has 384 valence electrons. The van der Waals surface area contributed by atoms with E-state index in [2.05, 4.69) is 76.2 Å². The molecule has 12 atom stereocenters. The predicted octanol–water partition coefficient (Wildman–Crippen LogP) is 18.9. The molecule has 8 aliphatic heterocycles. The SMILES string of the molecule is CCCCCCc1c2c3c(CCCCCC)c4c1[C@H]1O[C@@H]4C4=C1c1ccc5c6c(ccc4c16)C1[C@@H]5[C@@H]4O[C@H]1c1c(CCCCCC)c5c(c(CCCCCC)c14)[C@H]1O[C@@H]5C4=C1c1ccc5c6c(ccc4c16)C1[C@@H]5[C@@H]2O[C@@H]31. The summed E-state index contributed by atoms with van der Waals surface area (Å²) in [5.41, 5.74) is 37.3. The number of ether oxygens (including phenoxy) is 4. The second-order valence-corrected chi connectivity index (χ2v) is 26.3. The molecule has 2 unspecified atom stereocenters. The fourth-order valence-corrected chi connectivity index (χ4v) is 20.4. The lowest BCUT2D eigenvalue weighted by molar-refractivity contribution is 0.0624. The van der Waals surface area contributed by atoms with Crippen LogP contribution in [0.1, 0.15) is 314 Å². The lowest BCUT2D eigenvalue weighted by atomic mass is 9.66. The maximum atomic E-state index is 7.74. The van der Waals surface area contributed by atoms with E-state index >= 15 is 0 Å². The quantitative estimate of drug-likeness (QED) is 0.0714. The molecule has 4 aliphatic carbocycles. The van der Waals surface area contributed by atoms with E-state index in [0.717, 1.165) is 25.7 Å². The highest BCUT2D eigenvalue weighted by molar-refractivity contribution is 6.21. The molecule has 4 nitrogen and oxygen atoms in total. The number of benzene rings is 6. The highest BCUT2D eigenvalue weighted by Gasteiger charge is 2.65. The van der Waals surface area contributed by atoms with Crippen LogP contribution in [-0.2, 0) is 44.6 Å². The maximum Gasteiger partial charge on any atom is 0.110 e. The molecule has 0 amide bonds. The Hall–Kier alpha value is -4.84. The van der Waals surface area contributed by atoms with Gasteiger partial charge in [-0.3, -0.25) is 0 Å². The number of hydrogen-bond acceptors (Lipinski definition) is 4. The highest BCUT2D eigenvalue weighted by atomic mass is 16.5. The summed E-state index contributed by atoms with van der Waals surface area (Å²) in [7, 11) is 0. The van der Waals surface area contributed by atoms with Gasteiger partial charge in [-0.2, -0.15) is 0 Å². The first-order valence-corrected chi connectivity index (χ1v) is 31.4. The Labute approximate surface area is 449 Å². The van der Waals surface area contributed by atoms with E-state index in [1.165, 1.54) is 147 Å². The van der Waals surface area contributed by atoms with Gasteiger partial charge in [0.05, 0.1) is 24.4 Å². The van der Waals surface area contributed by atoms with Crippen LogP contribution < -0.4 is 0 Å². The molecule has 18 rings (SSSR count). The Kier molecular flexibility index (Phi) is 8.98. The smallest absolute Gasteiger partial charge is 0.110 e. The van der Waals surface area contributed by atoms with Crippen LogP contribution in [0.15, 0.2) is 48.5 Å². The third-order valence-corrected chi connectivity index (χ3v) is 23.0. The summed E-state index contributed by atoms with van der Waals surface area (Å²) in [5, 5.41) is 6.24. The summed E-state index contributed by atoms with van der Waals surface area (Å²) in [5.74, 6) is 1.31. The second-order valence-electron chi connectivity index (χ2n) is 26.3. The summed E-state index contributed by atoms with van der Waals surface area (Å²) in [6.45, 7) is 9.44. The van der Waals surface area contributed by atoms with Crippen molar-refractivity contribution in [1.82, 2.24) is 0 Å². The van der Waals surface area contributed by atoms with Crippen molar-refractivity contribution in [3.8, 4) is 0 Å². The van der Waals surface area contributed by atoms with Gasteiger partial charge in [-0.25, -0.2) is 0 Å². The molecule has 0 radical (unpaired) electrons. The molecule has 76 heavy (non-hydrogen) atoms. The monoisotopic (exact) mass is 1000 g/mol. The predicted molar refractivity (Wildman–Crippen MR) is 303 cm³/mol. The molecule has 0 N–H and O–H groups in total. The maximum absolute atomic E-state index is 7.74. The lowest BCUT2D eigenvalue weighted by Crippen LogP contribution is -2.22.